The van der Waals surface area contributed by atoms with Gasteiger partial charge in [0, 0.05) is 44.5 Å². The molecule has 2 N–H and O–H groups in total. The maximum absolute atomic E-state index is 14.3. The zero-order valence-electron chi connectivity index (χ0n) is 16.1. The van der Waals surface area contributed by atoms with Gasteiger partial charge in [0.1, 0.15) is 11.6 Å². The largest absolute Gasteiger partial charge is 0.383 e. The van der Waals surface area contributed by atoms with Gasteiger partial charge in [0.2, 0.25) is 5.91 Å². The molecule has 0 aliphatic carbocycles. The van der Waals surface area contributed by atoms with Crippen molar-refractivity contribution in [3.63, 3.8) is 0 Å². The summed E-state index contributed by atoms with van der Waals surface area (Å²) in [6.45, 7) is 3.52. The van der Waals surface area contributed by atoms with Crippen LogP contribution >= 0.6 is 0 Å². The number of aromatic nitrogens is 1. The van der Waals surface area contributed by atoms with Crippen LogP contribution in [-0.4, -0.2) is 46.9 Å². The molecule has 2 fully saturated rings. The lowest BCUT2D eigenvalue weighted by Gasteiger charge is -2.51. The van der Waals surface area contributed by atoms with Crippen LogP contribution in [0.4, 0.5) is 10.2 Å². The molecule has 3 heterocycles. The summed E-state index contributed by atoms with van der Waals surface area (Å²) in [7, 11) is 0. The summed E-state index contributed by atoms with van der Waals surface area (Å²) in [5.74, 6) is 0.464. The zero-order valence-corrected chi connectivity index (χ0v) is 16.1. The minimum Gasteiger partial charge on any atom is -0.383 e. The van der Waals surface area contributed by atoms with E-state index in [1.54, 1.807) is 18.3 Å². The van der Waals surface area contributed by atoms with Crippen molar-refractivity contribution in [3.8, 4) is 0 Å². The highest BCUT2D eigenvalue weighted by atomic mass is 19.1. The number of nitrogens with two attached hydrogens (primary N) is 1. The van der Waals surface area contributed by atoms with Gasteiger partial charge >= 0.3 is 0 Å². The minimum atomic E-state index is -0.559. The number of piperidine rings is 1. The second kappa shape index (κ2) is 7.87. The first-order valence-electron chi connectivity index (χ1n) is 10.0. The molecule has 0 radical (unpaired) electrons. The van der Waals surface area contributed by atoms with Gasteiger partial charge in [0.15, 0.2) is 0 Å². The molecule has 0 bridgehead atoms. The molecule has 28 heavy (non-hydrogen) atoms. The molecule has 2 aliphatic rings. The number of hydrogen-bond acceptors (Lipinski definition) is 4. The van der Waals surface area contributed by atoms with Crippen LogP contribution in [-0.2, 0) is 17.8 Å². The molecule has 0 atom stereocenters. The molecule has 4 rings (SSSR count). The van der Waals surface area contributed by atoms with Crippen molar-refractivity contribution in [2.24, 2.45) is 5.41 Å². The quantitative estimate of drug-likeness (QED) is 0.864. The SMILES string of the molecule is Nc1ncccc1CN1CC(Cc2ccccc2F)(C(=O)N2CCCCC2)C1. The summed E-state index contributed by atoms with van der Waals surface area (Å²) in [6, 6.07) is 10.6. The molecule has 5 nitrogen and oxygen atoms in total. The third-order valence-corrected chi connectivity index (χ3v) is 5.96. The number of anilines is 1. The van der Waals surface area contributed by atoms with E-state index < -0.39 is 5.41 Å². The van der Waals surface area contributed by atoms with E-state index in [2.05, 4.69) is 9.88 Å². The fourth-order valence-electron chi connectivity index (χ4n) is 4.51. The molecule has 1 aromatic heterocycles. The van der Waals surface area contributed by atoms with Crippen molar-refractivity contribution in [1.29, 1.82) is 0 Å². The summed E-state index contributed by atoms with van der Waals surface area (Å²) in [5.41, 5.74) is 7.00. The second-order valence-electron chi connectivity index (χ2n) is 8.09. The van der Waals surface area contributed by atoms with Gasteiger partial charge in [0.25, 0.3) is 0 Å². The topological polar surface area (TPSA) is 62.5 Å². The number of carbonyl (C=O) groups is 1. The summed E-state index contributed by atoms with van der Waals surface area (Å²) in [5, 5.41) is 0. The van der Waals surface area contributed by atoms with Crippen molar-refractivity contribution in [2.75, 3.05) is 31.9 Å². The van der Waals surface area contributed by atoms with Crippen molar-refractivity contribution in [1.82, 2.24) is 14.8 Å². The molecule has 6 heteroatoms. The Morgan fingerprint density at radius 2 is 1.79 bits per heavy atom. The van der Waals surface area contributed by atoms with Crippen LogP contribution in [0.2, 0.25) is 0 Å². The first kappa shape index (κ1) is 18.9. The molecule has 1 aromatic carbocycles. The van der Waals surface area contributed by atoms with Crippen molar-refractivity contribution < 1.29 is 9.18 Å². The lowest BCUT2D eigenvalue weighted by atomic mass is 9.73. The van der Waals surface area contributed by atoms with Crippen LogP contribution in [0.15, 0.2) is 42.6 Å². The second-order valence-corrected chi connectivity index (χ2v) is 8.09. The van der Waals surface area contributed by atoms with E-state index in [0.717, 1.165) is 31.5 Å². The number of pyridine rings is 1. The third-order valence-electron chi connectivity index (χ3n) is 5.96. The fourth-order valence-corrected chi connectivity index (χ4v) is 4.51. The first-order valence-corrected chi connectivity index (χ1v) is 10.0. The van der Waals surface area contributed by atoms with E-state index in [1.165, 1.54) is 12.5 Å². The molecule has 2 aromatic rings. The van der Waals surface area contributed by atoms with Gasteiger partial charge in [-0.15, -0.1) is 0 Å². The van der Waals surface area contributed by atoms with Crippen LogP contribution in [0.25, 0.3) is 0 Å². The molecule has 0 saturated carbocycles. The van der Waals surface area contributed by atoms with Crippen LogP contribution in [0.5, 0.6) is 0 Å². The van der Waals surface area contributed by atoms with Crippen LogP contribution in [0.3, 0.4) is 0 Å². The van der Waals surface area contributed by atoms with Crippen LogP contribution in [0.1, 0.15) is 30.4 Å². The molecule has 1 amide bonds. The highest BCUT2D eigenvalue weighted by molar-refractivity contribution is 5.85. The lowest BCUT2D eigenvalue weighted by Crippen LogP contribution is -2.64. The highest BCUT2D eigenvalue weighted by Crippen LogP contribution is 2.38. The summed E-state index contributed by atoms with van der Waals surface area (Å²) in [4.78, 5) is 21.8. The monoisotopic (exact) mass is 382 g/mol. The molecular formula is C22H27FN4O. The number of amides is 1. The number of halogens is 1. The Bertz CT molecular complexity index is 844. The predicted octanol–water partition coefficient (Wildman–Crippen LogP) is 2.86. The fraction of sp³-hybridized carbons (Fsp3) is 0.455. The van der Waals surface area contributed by atoms with Gasteiger partial charge in [-0.2, -0.15) is 0 Å². The van der Waals surface area contributed by atoms with E-state index in [1.807, 2.05) is 23.1 Å². The number of nitrogens with zero attached hydrogens (tertiary/aromatic N) is 3. The predicted molar refractivity (Wildman–Crippen MR) is 107 cm³/mol. The summed E-state index contributed by atoms with van der Waals surface area (Å²) in [6.07, 6.45) is 5.40. The van der Waals surface area contributed by atoms with Gasteiger partial charge in [0.05, 0.1) is 5.41 Å². The maximum Gasteiger partial charge on any atom is 0.231 e. The maximum atomic E-state index is 14.3. The summed E-state index contributed by atoms with van der Waals surface area (Å²) < 4.78 is 14.3. The number of carbonyl (C=O) groups excluding carboxylic acids is 1. The van der Waals surface area contributed by atoms with E-state index in [4.69, 9.17) is 5.73 Å². The Labute approximate surface area is 165 Å². The Hall–Kier alpha value is -2.47. The average Bonchev–Trinajstić information content (AvgIpc) is 2.69. The molecule has 2 aliphatic heterocycles. The van der Waals surface area contributed by atoms with Gasteiger partial charge in [-0.25, -0.2) is 9.37 Å². The van der Waals surface area contributed by atoms with Gasteiger partial charge in [-0.3, -0.25) is 9.69 Å². The molecule has 2 saturated heterocycles. The Morgan fingerprint density at radius 3 is 2.50 bits per heavy atom. The average molecular weight is 382 g/mol. The molecule has 0 spiro atoms. The van der Waals surface area contributed by atoms with Crippen molar-refractivity contribution in [3.05, 3.63) is 59.5 Å². The number of nitrogen functional groups attached to an aromatic ring is 1. The first-order chi connectivity index (χ1) is 13.6. The Kier molecular flexibility index (Phi) is 5.31. The van der Waals surface area contributed by atoms with Gasteiger partial charge < -0.3 is 10.6 Å². The summed E-state index contributed by atoms with van der Waals surface area (Å²) >= 11 is 0. The van der Waals surface area contributed by atoms with E-state index in [0.29, 0.717) is 37.4 Å². The molecule has 148 valence electrons. The van der Waals surface area contributed by atoms with Crippen LogP contribution < -0.4 is 5.73 Å². The number of hydrogen-bond donors (Lipinski definition) is 1. The third kappa shape index (κ3) is 3.74. The Balaban J connectivity index is 1.52. The van der Waals surface area contributed by atoms with Crippen molar-refractivity contribution in [2.45, 2.75) is 32.2 Å². The van der Waals surface area contributed by atoms with Gasteiger partial charge in [-0.05, 0) is 43.4 Å². The van der Waals surface area contributed by atoms with Gasteiger partial charge in [-0.1, -0.05) is 24.3 Å². The Morgan fingerprint density at radius 1 is 1.07 bits per heavy atom. The number of benzene rings is 1. The number of likely N-dealkylation sites (tertiary alicyclic amines) is 2. The zero-order chi connectivity index (χ0) is 19.6. The molecule has 0 unspecified atom stereocenters. The normalized spacial score (nSPS) is 19.2. The number of rotatable bonds is 5. The highest BCUT2D eigenvalue weighted by Gasteiger charge is 2.51. The lowest BCUT2D eigenvalue weighted by molar-refractivity contribution is -0.155. The van der Waals surface area contributed by atoms with Crippen molar-refractivity contribution >= 4 is 11.7 Å². The molecular weight excluding hydrogens is 355 g/mol. The van der Waals surface area contributed by atoms with E-state index in [9.17, 15) is 9.18 Å². The van der Waals surface area contributed by atoms with Crippen LogP contribution in [0, 0.1) is 11.2 Å². The van der Waals surface area contributed by atoms with E-state index >= 15 is 0 Å². The smallest absolute Gasteiger partial charge is 0.231 e. The standard InChI is InChI=1S/C22H27FN4O/c23-19-9-3-2-7-17(19)13-22(21(28)27-11-4-1-5-12-27)15-26(16-22)14-18-8-6-10-25-20(18)24/h2-3,6-10H,1,4-5,11-16H2,(H2,24,25). The van der Waals surface area contributed by atoms with E-state index in [-0.39, 0.29) is 11.7 Å². The minimum absolute atomic E-state index is 0.172.